The predicted molar refractivity (Wildman–Crippen MR) is 58.6 cm³/mol. The highest BCUT2D eigenvalue weighted by molar-refractivity contribution is 5.60. The molecule has 0 heterocycles. The molecular formula is C12H14N2O. The number of nitriles is 1. The van der Waals surface area contributed by atoms with Gasteiger partial charge in [0, 0.05) is 0 Å². The van der Waals surface area contributed by atoms with E-state index in [-0.39, 0.29) is 12.1 Å². The van der Waals surface area contributed by atoms with Crippen LogP contribution in [-0.2, 0) is 0 Å². The van der Waals surface area contributed by atoms with E-state index in [2.05, 4.69) is 11.4 Å². The molecule has 0 spiro atoms. The summed E-state index contributed by atoms with van der Waals surface area (Å²) in [4.78, 5) is 0. The maximum absolute atomic E-state index is 9.19. The standard InChI is InChI=1S/C12H14N2O/c1-9-2-3-11(10(6-9)7-13)14-12(8-15)4-5-12/h2-3,6,14-15H,4-5,8H2,1H3. The van der Waals surface area contributed by atoms with Crippen LogP contribution in [0.2, 0.25) is 0 Å². The van der Waals surface area contributed by atoms with Gasteiger partial charge in [-0.1, -0.05) is 6.07 Å². The van der Waals surface area contributed by atoms with Crippen LogP contribution in [0, 0.1) is 18.3 Å². The van der Waals surface area contributed by atoms with Crippen molar-refractivity contribution in [3.05, 3.63) is 29.3 Å². The van der Waals surface area contributed by atoms with Gasteiger partial charge in [-0.2, -0.15) is 5.26 Å². The maximum Gasteiger partial charge on any atom is 0.101 e. The number of hydrogen-bond acceptors (Lipinski definition) is 3. The van der Waals surface area contributed by atoms with Gasteiger partial charge in [-0.25, -0.2) is 0 Å². The third-order valence-corrected chi connectivity index (χ3v) is 2.85. The third kappa shape index (κ3) is 1.95. The summed E-state index contributed by atoms with van der Waals surface area (Å²) in [5, 5.41) is 21.4. The molecule has 1 aliphatic carbocycles. The minimum absolute atomic E-state index is 0.131. The van der Waals surface area contributed by atoms with Crippen LogP contribution < -0.4 is 5.32 Å². The maximum atomic E-state index is 9.19. The summed E-state index contributed by atoms with van der Waals surface area (Å²) in [6.45, 7) is 2.09. The fourth-order valence-corrected chi connectivity index (χ4v) is 1.62. The summed E-state index contributed by atoms with van der Waals surface area (Å²) in [7, 11) is 0. The molecule has 0 unspecified atom stereocenters. The lowest BCUT2D eigenvalue weighted by molar-refractivity contribution is 0.266. The van der Waals surface area contributed by atoms with Crippen LogP contribution in [-0.4, -0.2) is 17.3 Å². The zero-order chi connectivity index (χ0) is 10.9. The van der Waals surface area contributed by atoms with Crippen molar-refractivity contribution in [2.45, 2.75) is 25.3 Å². The first kappa shape index (κ1) is 10.0. The number of anilines is 1. The van der Waals surface area contributed by atoms with E-state index in [4.69, 9.17) is 5.26 Å². The Morgan fingerprint density at radius 2 is 2.27 bits per heavy atom. The summed E-state index contributed by atoms with van der Waals surface area (Å²) in [5.74, 6) is 0. The van der Waals surface area contributed by atoms with Crippen molar-refractivity contribution in [2.75, 3.05) is 11.9 Å². The number of nitrogens with one attached hydrogen (secondary N) is 1. The van der Waals surface area contributed by atoms with E-state index < -0.39 is 0 Å². The minimum atomic E-state index is -0.166. The minimum Gasteiger partial charge on any atom is -0.394 e. The van der Waals surface area contributed by atoms with Gasteiger partial charge < -0.3 is 10.4 Å². The van der Waals surface area contributed by atoms with Gasteiger partial charge in [-0.3, -0.25) is 0 Å². The Kier molecular flexibility index (Phi) is 2.37. The molecular weight excluding hydrogens is 188 g/mol. The van der Waals surface area contributed by atoms with E-state index in [9.17, 15) is 5.11 Å². The topological polar surface area (TPSA) is 56.0 Å². The highest BCUT2D eigenvalue weighted by Gasteiger charge is 2.42. The molecule has 15 heavy (non-hydrogen) atoms. The van der Waals surface area contributed by atoms with Gasteiger partial charge >= 0.3 is 0 Å². The molecule has 1 saturated carbocycles. The van der Waals surface area contributed by atoms with Crippen LogP contribution >= 0.6 is 0 Å². The summed E-state index contributed by atoms with van der Waals surface area (Å²) in [5.41, 5.74) is 2.39. The van der Waals surface area contributed by atoms with Crippen molar-refractivity contribution in [2.24, 2.45) is 0 Å². The monoisotopic (exact) mass is 202 g/mol. The first-order valence-corrected chi connectivity index (χ1v) is 5.09. The fraction of sp³-hybridized carbons (Fsp3) is 0.417. The normalized spacial score (nSPS) is 16.9. The van der Waals surface area contributed by atoms with E-state index in [1.54, 1.807) is 0 Å². The van der Waals surface area contributed by atoms with E-state index in [0.29, 0.717) is 5.56 Å². The van der Waals surface area contributed by atoms with E-state index in [1.807, 2.05) is 25.1 Å². The molecule has 0 aliphatic heterocycles. The molecule has 3 nitrogen and oxygen atoms in total. The van der Waals surface area contributed by atoms with Crippen LogP contribution in [0.4, 0.5) is 5.69 Å². The molecule has 1 aromatic carbocycles. The van der Waals surface area contributed by atoms with Crippen molar-refractivity contribution in [3.8, 4) is 6.07 Å². The lowest BCUT2D eigenvalue weighted by Gasteiger charge is -2.17. The molecule has 2 N–H and O–H groups in total. The quantitative estimate of drug-likeness (QED) is 0.785. The predicted octanol–water partition coefficient (Wildman–Crippen LogP) is 1.80. The largest absolute Gasteiger partial charge is 0.394 e. The van der Waals surface area contributed by atoms with Gasteiger partial charge in [0.15, 0.2) is 0 Å². The molecule has 0 radical (unpaired) electrons. The van der Waals surface area contributed by atoms with Crippen LogP contribution in [0.5, 0.6) is 0 Å². The zero-order valence-corrected chi connectivity index (χ0v) is 8.75. The molecule has 3 heteroatoms. The van der Waals surface area contributed by atoms with Gasteiger partial charge in [-0.05, 0) is 37.5 Å². The zero-order valence-electron chi connectivity index (χ0n) is 8.75. The van der Waals surface area contributed by atoms with Crippen LogP contribution in [0.1, 0.15) is 24.0 Å². The van der Waals surface area contributed by atoms with Crippen molar-refractivity contribution in [1.82, 2.24) is 0 Å². The molecule has 0 atom stereocenters. The fourth-order valence-electron chi connectivity index (χ4n) is 1.62. The number of aliphatic hydroxyl groups is 1. The molecule has 2 rings (SSSR count). The number of hydrogen-bond donors (Lipinski definition) is 2. The second-order valence-corrected chi connectivity index (χ2v) is 4.22. The Morgan fingerprint density at radius 1 is 1.53 bits per heavy atom. The average Bonchev–Trinajstić information content (AvgIpc) is 3.01. The van der Waals surface area contributed by atoms with Gasteiger partial charge in [0.05, 0.1) is 23.4 Å². The summed E-state index contributed by atoms with van der Waals surface area (Å²) in [6, 6.07) is 7.90. The van der Waals surface area contributed by atoms with E-state index >= 15 is 0 Å². The van der Waals surface area contributed by atoms with Crippen LogP contribution in [0.3, 0.4) is 0 Å². The third-order valence-electron chi connectivity index (χ3n) is 2.85. The van der Waals surface area contributed by atoms with Gasteiger partial charge in [0.2, 0.25) is 0 Å². The van der Waals surface area contributed by atoms with Gasteiger partial charge in [-0.15, -0.1) is 0 Å². The average molecular weight is 202 g/mol. The molecule has 78 valence electrons. The summed E-state index contributed by atoms with van der Waals surface area (Å²) >= 11 is 0. The second kappa shape index (κ2) is 3.56. The van der Waals surface area contributed by atoms with Gasteiger partial charge in [0.1, 0.15) is 6.07 Å². The van der Waals surface area contributed by atoms with Crippen LogP contribution in [0.15, 0.2) is 18.2 Å². The SMILES string of the molecule is Cc1ccc(NC2(CO)CC2)c(C#N)c1. The molecule has 0 bridgehead atoms. The van der Waals surface area contributed by atoms with Crippen LogP contribution in [0.25, 0.3) is 0 Å². The smallest absolute Gasteiger partial charge is 0.101 e. The van der Waals surface area contributed by atoms with Crippen molar-refractivity contribution in [3.63, 3.8) is 0 Å². The molecule has 0 aromatic heterocycles. The first-order valence-electron chi connectivity index (χ1n) is 5.09. The second-order valence-electron chi connectivity index (χ2n) is 4.22. The molecule has 0 saturated heterocycles. The lowest BCUT2D eigenvalue weighted by atomic mass is 10.1. The number of aryl methyl sites for hydroxylation is 1. The Morgan fingerprint density at radius 3 is 2.80 bits per heavy atom. The number of aliphatic hydroxyl groups excluding tert-OH is 1. The van der Waals surface area contributed by atoms with Crippen molar-refractivity contribution >= 4 is 5.69 Å². The Hall–Kier alpha value is -1.53. The first-order chi connectivity index (χ1) is 7.19. The van der Waals surface area contributed by atoms with Gasteiger partial charge in [0.25, 0.3) is 0 Å². The number of nitrogens with zero attached hydrogens (tertiary/aromatic N) is 1. The Balaban J connectivity index is 2.25. The van der Waals surface area contributed by atoms with Crippen molar-refractivity contribution < 1.29 is 5.11 Å². The summed E-state index contributed by atoms with van der Waals surface area (Å²) < 4.78 is 0. The van der Waals surface area contributed by atoms with E-state index in [0.717, 1.165) is 24.1 Å². The highest BCUT2D eigenvalue weighted by Crippen LogP contribution is 2.39. The van der Waals surface area contributed by atoms with Crippen molar-refractivity contribution in [1.29, 1.82) is 5.26 Å². The number of benzene rings is 1. The summed E-state index contributed by atoms with van der Waals surface area (Å²) in [6.07, 6.45) is 1.95. The Bertz CT molecular complexity index is 416. The molecule has 1 aromatic rings. The molecule has 1 aliphatic rings. The lowest BCUT2D eigenvalue weighted by Crippen LogP contribution is -2.26. The highest BCUT2D eigenvalue weighted by atomic mass is 16.3. The van der Waals surface area contributed by atoms with E-state index in [1.165, 1.54) is 0 Å². The number of rotatable bonds is 3. The molecule has 0 amide bonds. The Labute approximate surface area is 89.4 Å². The molecule has 1 fully saturated rings.